The van der Waals surface area contributed by atoms with Crippen molar-refractivity contribution in [3.63, 3.8) is 0 Å². The van der Waals surface area contributed by atoms with Crippen LogP contribution in [0.1, 0.15) is 0 Å². The van der Waals surface area contributed by atoms with Crippen LogP contribution in [0.3, 0.4) is 0 Å². The molecule has 2 saturated heterocycles. The topological polar surface area (TPSA) is 97.0 Å². The third kappa shape index (κ3) is 2.22. The first-order valence-corrected chi connectivity index (χ1v) is 5.85. The van der Waals surface area contributed by atoms with E-state index in [0.29, 0.717) is 18.8 Å². The predicted molar refractivity (Wildman–Crippen MR) is 60.0 cm³/mol. The van der Waals surface area contributed by atoms with Crippen LogP contribution in [0, 0.1) is 10.1 Å². The molecule has 2 aliphatic rings. The molecule has 1 aromatic rings. The lowest BCUT2D eigenvalue weighted by Crippen LogP contribution is -2.35. The summed E-state index contributed by atoms with van der Waals surface area (Å²) < 4.78 is 6.65. The van der Waals surface area contributed by atoms with Gasteiger partial charge in [0, 0.05) is 19.6 Å². The molecule has 0 radical (unpaired) electrons. The number of aliphatic hydroxyl groups excluding tert-OH is 1. The van der Waals surface area contributed by atoms with Gasteiger partial charge in [-0.3, -0.25) is 4.90 Å². The number of nitro groups is 1. The number of morpholine rings is 1. The lowest BCUT2D eigenvalue weighted by Gasteiger charge is -2.20. The number of ether oxygens (including phenoxy) is 1. The first-order valence-electron chi connectivity index (χ1n) is 5.85. The molecule has 98 valence electrons. The number of fused-ring (bicyclic) bond motifs is 1. The Hall–Kier alpha value is -1.51. The van der Waals surface area contributed by atoms with Crippen LogP contribution in [0.4, 0.5) is 5.95 Å². The van der Waals surface area contributed by atoms with Crippen molar-refractivity contribution in [2.24, 2.45) is 0 Å². The number of hydrogen-bond acceptors (Lipinski definition) is 6. The van der Waals surface area contributed by atoms with Gasteiger partial charge >= 0.3 is 5.95 Å². The molecule has 3 heterocycles. The van der Waals surface area contributed by atoms with Crippen LogP contribution in [-0.2, 0) is 11.3 Å². The summed E-state index contributed by atoms with van der Waals surface area (Å²) in [6.45, 7) is 2.37. The number of imidazole rings is 1. The number of likely N-dealkylation sites (tertiary alicyclic amines) is 1. The maximum atomic E-state index is 10.7. The molecule has 8 nitrogen and oxygen atoms in total. The first-order chi connectivity index (χ1) is 8.63. The molecule has 0 aromatic carbocycles. The van der Waals surface area contributed by atoms with Crippen molar-refractivity contribution in [2.45, 2.75) is 24.9 Å². The van der Waals surface area contributed by atoms with E-state index in [2.05, 4.69) is 9.88 Å². The van der Waals surface area contributed by atoms with Crippen LogP contribution in [-0.4, -0.2) is 62.4 Å². The molecule has 2 fully saturated rings. The van der Waals surface area contributed by atoms with E-state index in [-0.39, 0.29) is 12.5 Å². The number of epoxide rings is 1. The molecule has 8 heteroatoms. The standard InChI is InChI=1S/C10H14N4O4/c15-7(3-12-5-8-9(6-12)18-8)4-13-2-1-11-10(13)14(16)17/h1-2,7-9,15H,3-6H2. The Morgan fingerprint density at radius 3 is 2.94 bits per heavy atom. The third-order valence-corrected chi connectivity index (χ3v) is 3.30. The monoisotopic (exact) mass is 254 g/mol. The van der Waals surface area contributed by atoms with E-state index in [9.17, 15) is 15.2 Å². The fourth-order valence-electron chi connectivity index (χ4n) is 2.43. The van der Waals surface area contributed by atoms with Crippen LogP contribution < -0.4 is 0 Å². The molecule has 0 spiro atoms. The van der Waals surface area contributed by atoms with E-state index >= 15 is 0 Å². The predicted octanol–water partition coefficient (Wildman–Crippen LogP) is -0.765. The summed E-state index contributed by atoms with van der Waals surface area (Å²) in [6, 6.07) is 0. The maximum absolute atomic E-state index is 10.7. The van der Waals surface area contributed by atoms with Gasteiger partial charge in [-0.1, -0.05) is 4.98 Å². The van der Waals surface area contributed by atoms with Gasteiger partial charge < -0.3 is 20.0 Å². The molecule has 0 saturated carbocycles. The van der Waals surface area contributed by atoms with Crippen molar-refractivity contribution in [3.05, 3.63) is 22.5 Å². The molecular weight excluding hydrogens is 240 g/mol. The summed E-state index contributed by atoms with van der Waals surface area (Å²) >= 11 is 0. The van der Waals surface area contributed by atoms with Crippen LogP contribution >= 0.6 is 0 Å². The van der Waals surface area contributed by atoms with Crippen LogP contribution in [0.5, 0.6) is 0 Å². The van der Waals surface area contributed by atoms with Gasteiger partial charge in [-0.05, 0) is 4.92 Å². The Morgan fingerprint density at radius 2 is 2.28 bits per heavy atom. The number of nitrogens with zero attached hydrogens (tertiary/aromatic N) is 4. The van der Waals surface area contributed by atoms with Crippen LogP contribution in [0.25, 0.3) is 0 Å². The minimum atomic E-state index is -0.643. The zero-order valence-electron chi connectivity index (χ0n) is 9.68. The second kappa shape index (κ2) is 4.30. The zero-order chi connectivity index (χ0) is 12.7. The van der Waals surface area contributed by atoms with Crippen molar-refractivity contribution < 1.29 is 14.8 Å². The molecule has 0 aliphatic carbocycles. The zero-order valence-corrected chi connectivity index (χ0v) is 9.68. The normalized spacial score (nSPS) is 28.1. The molecular formula is C10H14N4O4. The number of hydrogen-bond donors (Lipinski definition) is 1. The summed E-state index contributed by atoms with van der Waals surface area (Å²) in [5.41, 5.74) is 0. The maximum Gasteiger partial charge on any atom is 0.434 e. The van der Waals surface area contributed by atoms with Gasteiger partial charge in [-0.15, -0.1) is 0 Å². The third-order valence-electron chi connectivity index (χ3n) is 3.30. The van der Waals surface area contributed by atoms with Crippen molar-refractivity contribution in [1.29, 1.82) is 0 Å². The van der Waals surface area contributed by atoms with E-state index < -0.39 is 11.0 Å². The summed E-state index contributed by atoms with van der Waals surface area (Å²) in [5, 5.41) is 20.6. The average Bonchev–Trinajstić information content (AvgIpc) is 2.75. The summed E-state index contributed by atoms with van der Waals surface area (Å²) in [6.07, 6.45) is 2.89. The highest BCUT2D eigenvalue weighted by Crippen LogP contribution is 2.30. The Morgan fingerprint density at radius 1 is 1.56 bits per heavy atom. The van der Waals surface area contributed by atoms with Crippen molar-refractivity contribution >= 4 is 5.95 Å². The van der Waals surface area contributed by atoms with E-state index in [1.807, 2.05) is 0 Å². The molecule has 3 atom stereocenters. The fourth-order valence-corrected chi connectivity index (χ4v) is 2.43. The molecule has 1 aromatic heterocycles. The largest absolute Gasteiger partial charge is 0.434 e. The number of rotatable bonds is 5. The Kier molecular flexibility index (Phi) is 2.77. The quantitative estimate of drug-likeness (QED) is 0.421. The van der Waals surface area contributed by atoms with Crippen LogP contribution in [0.15, 0.2) is 12.4 Å². The second-order valence-electron chi connectivity index (χ2n) is 4.72. The fraction of sp³-hybridized carbons (Fsp3) is 0.700. The summed E-state index contributed by atoms with van der Waals surface area (Å²) in [4.78, 5) is 15.9. The molecule has 0 bridgehead atoms. The van der Waals surface area contributed by atoms with Gasteiger partial charge in [0.2, 0.25) is 0 Å². The average molecular weight is 254 g/mol. The van der Waals surface area contributed by atoms with Crippen LogP contribution in [0.2, 0.25) is 0 Å². The SMILES string of the molecule is O=[N+]([O-])c1nccn1CC(O)CN1CC2OC2C1. The van der Waals surface area contributed by atoms with E-state index in [1.165, 1.54) is 17.0 Å². The number of aromatic nitrogens is 2. The molecule has 3 rings (SSSR count). The molecule has 2 aliphatic heterocycles. The van der Waals surface area contributed by atoms with Gasteiger partial charge in [0.25, 0.3) is 0 Å². The number of aliphatic hydroxyl groups is 1. The summed E-state index contributed by atoms with van der Waals surface area (Å²) in [7, 11) is 0. The number of β-amino-alcohol motifs (C(OH)–C–C–N with tert-alkyl or cyclic N) is 1. The molecule has 0 amide bonds. The highest BCUT2D eigenvalue weighted by atomic mass is 16.6. The van der Waals surface area contributed by atoms with Crippen molar-refractivity contribution in [3.8, 4) is 0 Å². The highest BCUT2D eigenvalue weighted by molar-refractivity contribution is 5.06. The van der Waals surface area contributed by atoms with Crippen molar-refractivity contribution in [2.75, 3.05) is 19.6 Å². The van der Waals surface area contributed by atoms with Gasteiger partial charge in [-0.25, -0.2) is 4.57 Å². The lowest BCUT2D eigenvalue weighted by atomic mass is 10.3. The lowest BCUT2D eigenvalue weighted by molar-refractivity contribution is -0.397. The van der Waals surface area contributed by atoms with E-state index in [1.54, 1.807) is 0 Å². The smallest absolute Gasteiger partial charge is 0.390 e. The van der Waals surface area contributed by atoms with Crippen molar-refractivity contribution in [1.82, 2.24) is 14.5 Å². The van der Waals surface area contributed by atoms with Gasteiger partial charge in [0.1, 0.15) is 12.4 Å². The van der Waals surface area contributed by atoms with E-state index in [0.717, 1.165) is 13.1 Å². The molecule has 18 heavy (non-hydrogen) atoms. The van der Waals surface area contributed by atoms with Gasteiger partial charge in [0.05, 0.1) is 24.9 Å². The summed E-state index contributed by atoms with van der Waals surface area (Å²) in [5.74, 6) is -0.235. The van der Waals surface area contributed by atoms with Gasteiger partial charge in [0.15, 0.2) is 0 Å². The Balaban J connectivity index is 1.55. The first kappa shape index (κ1) is 11.6. The Labute approximate surface area is 103 Å². The second-order valence-corrected chi connectivity index (χ2v) is 4.72. The minimum absolute atomic E-state index is 0.184. The highest BCUT2D eigenvalue weighted by Gasteiger charge is 2.47. The van der Waals surface area contributed by atoms with E-state index in [4.69, 9.17) is 4.74 Å². The van der Waals surface area contributed by atoms with Gasteiger partial charge in [-0.2, -0.15) is 0 Å². The molecule has 3 unspecified atom stereocenters. The minimum Gasteiger partial charge on any atom is -0.390 e. The molecule has 1 N–H and O–H groups in total. The Bertz CT molecular complexity index is 452.